The molecule has 3 aliphatic rings. The van der Waals surface area contributed by atoms with Crippen molar-refractivity contribution in [1.82, 2.24) is 0 Å². The van der Waals surface area contributed by atoms with Gasteiger partial charge in [-0.1, -0.05) is 18.2 Å². The maximum absolute atomic E-state index is 13.6. The number of phenolic OH excluding ortho intramolecular Hbond substituents is 1. The van der Waals surface area contributed by atoms with Crippen molar-refractivity contribution >= 4 is 44.3 Å². The number of rotatable bonds is 6. The van der Waals surface area contributed by atoms with E-state index in [1.165, 1.54) is 14.0 Å². The molecule has 14 nitrogen and oxygen atoms in total. The molecule has 1 aromatic heterocycles. The molecule has 0 amide bonds. The number of hydrogen-bond acceptors (Lipinski definition) is 14. The quantitative estimate of drug-likeness (QED) is 0.0999. The summed E-state index contributed by atoms with van der Waals surface area (Å²) in [7, 11) is 1.32. The summed E-state index contributed by atoms with van der Waals surface area (Å²) < 4.78 is 40.9. The number of hydrogen-bond donors (Lipinski definition) is 4. The van der Waals surface area contributed by atoms with Gasteiger partial charge in [-0.15, -0.1) is 0 Å². The molecule has 0 radical (unpaired) electrons. The van der Waals surface area contributed by atoms with E-state index < -0.39 is 73.0 Å². The largest absolute Gasteiger partial charge is 0.506 e. The lowest BCUT2D eigenvalue weighted by Crippen LogP contribution is -2.64. The maximum Gasteiger partial charge on any atom is 0.348 e. The number of carbonyl (C=O) groups excluding carboxylic acids is 2. The predicted octanol–water partition coefficient (Wildman–Crippen LogP) is 2.14. The van der Waals surface area contributed by atoms with Crippen LogP contribution in [0.3, 0.4) is 0 Å². The van der Waals surface area contributed by atoms with Crippen LogP contribution in [0.15, 0.2) is 39.5 Å². The maximum atomic E-state index is 13.6. The zero-order valence-electron chi connectivity index (χ0n) is 27.2. The normalized spacial score (nSPS) is 31.5. The Labute approximate surface area is 278 Å². The first-order chi connectivity index (χ1) is 23.3. The number of aryl methyl sites for hydroxylation is 1. The Kier molecular flexibility index (Phi) is 8.38. The highest BCUT2D eigenvalue weighted by Crippen LogP contribution is 2.47. The second-order valence-electron chi connectivity index (χ2n) is 12.8. The molecule has 14 heteroatoms. The average Bonchev–Trinajstić information content (AvgIpc) is 3.05. The number of methoxy groups -OCH3 is 1. The molecule has 4 aromatic rings. The molecular formula is C35H36O14. The second kappa shape index (κ2) is 12.3. The fourth-order valence-corrected chi connectivity index (χ4v) is 7.30. The molecule has 10 atom stereocenters. The fourth-order valence-electron chi connectivity index (χ4n) is 7.30. The molecule has 4 N–H and O–H groups in total. The Bertz CT molecular complexity index is 2050. The van der Waals surface area contributed by atoms with Crippen molar-refractivity contribution < 1.29 is 62.9 Å². The highest BCUT2D eigenvalue weighted by atomic mass is 16.8. The highest BCUT2D eigenvalue weighted by Gasteiger charge is 2.52. The molecule has 49 heavy (non-hydrogen) atoms. The summed E-state index contributed by atoms with van der Waals surface area (Å²) in [6.07, 6.45) is -12.8. The summed E-state index contributed by atoms with van der Waals surface area (Å²) in [4.78, 5) is 38.9. The van der Waals surface area contributed by atoms with Gasteiger partial charge in [0.25, 0.3) is 0 Å². The minimum atomic E-state index is -1.61. The zero-order chi connectivity index (χ0) is 35.0. The molecule has 1 aliphatic carbocycles. The second-order valence-corrected chi connectivity index (χ2v) is 12.8. The number of aromatic hydroxyl groups is 1. The van der Waals surface area contributed by atoms with Gasteiger partial charge in [0.15, 0.2) is 24.3 Å². The summed E-state index contributed by atoms with van der Waals surface area (Å²) in [5.41, 5.74) is 0.946. The number of aliphatic hydroxyl groups is 3. The first kappa shape index (κ1) is 33.4. The van der Waals surface area contributed by atoms with Crippen molar-refractivity contribution in [3.8, 4) is 11.5 Å². The number of fused-ring (bicyclic) bond motifs is 2. The number of ether oxygens (including phenoxy) is 6. The topological polar surface area (TPSA) is 201 Å². The smallest absolute Gasteiger partial charge is 0.348 e. The summed E-state index contributed by atoms with van der Waals surface area (Å²) in [5.74, 6) is -1.18. The van der Waals surface area contributed by atoms with Crippen LogP contribution in [0.2, 0.25) is 0 Å². The lowest BCUT2D eigenvalue weighted by Gasteiger charge is -2.46. The Hall–Kier alpha value is -4.15. The Balaban J connectivity index is 1.36. The number of ketones is 1. The lowest BCUT2D eigenvalue weighted by molar-refractivity contribution is -0.353. The standard InChI is InChI=1S/C35H36O14/c1-12-9-10-20-24-21(12)18(37)11-17-22-16(28(40)25(23(17)24)33(42)47-20)7-6-8-19(22)48-34-31(29(41)26(38)13(2)44-34)49-35-32(46-15(4)36)30(43-5)27(39)14(3)45-35/h6-10,13-14,26-27,29-32,34-35,38-41H,11H2,1-5H3. The molecule has 0 bridgehead atoms. The van der Waals surface area contributed by atoms with Crippen LogP contribution in [0, 0.1) is 6.92 Å². The number of aliphatic hydroxyl groups excluding tert-OH is 3. The van der Waals surface area contributed by atoms with Crippen LogP contribution in [0.5, 0.6) is 11.5 Å². The van der Waals surface area contributed by atoms with E-state index in [1.54, 1.807) is 44.2 Å². The summed E-state index contributed by atoms with van der Waals surface area (Å²) >= 11 is 0. The Morgan fingerprint density at radius 3 is 2.29 bits per heavy atom. The van der Waals surface area contributed by atoms with E-state index in [9.17, 15) is 34.8 Å². The molecule has 2 aliphatic heterocycles. The molecule has 0 spiro atoms. The fraction of sp³-hybridized carbons (Fsp3) is 0.457. The van der Waals surface area contributed by atoms with Crippen molar-refractivity contribution in [1.29, 1.82) is 0 Å². The van der Waals surface area contributed by atoms with Crippen LogP contribution in [-0.4, -0.2) is 101 Å². The van der Waals surface area contributed by atoms with Crippen molar-refractivity contribution in [2.45, 2.75) is 95.5 Å². The van der Waals surface area contributed by atoms with Crippen molar-refractivity contribution in [2.75, 3.05) is 7.11 Å². The molecule has 0 saturated carbocycles. The van der Waals surface area contributed by atoms with Crippen LogP contribution < -0.4 is 10.4 Å². The van der Waals surface area contributed by atoms with E-state index in [2.05, 4.69) is 0 Å². The van der Waals surface area contributed by atoms with E-state index in [4.69, 9.17) is 32.8 Å². The number of esters is 1. The summed E-state index contributed by atoms with van der Waals surface area (Å²) in [6, 6.07) is 8.02. The molecule has 10 unspecified atom stereocenters. The zero-order valence-corrected chi connectivity index (χ0v) is 27.2. The Morgan fingerprint density at radius 2 is 1.57 bits per heavy atom. The van der Waals surface area contributed by atoms with Gasteiger partial charge in [0.2, 0.25) is 6.29 Å². The molecular weight excluding hydrogens is 644 g/mol. The van der Waals surface area contributed by atoms with Gasteiger partial charge < -0.3 is 53.3 Å². The third-order valence-corrected chi connectivity index (χ3v) is 9.67. The molecule has 2 saturated heterocycles. The molecule has 7 rings (SSSR count). The van der Waals surface area contributed by atoms with Crippen LogP contribution in [0.25, 0.3) is 32.5 Å². The van der Waals surface area contributed by atoms with Gasteiger partial charge in [-0.3, -0.25) is 9.59 Å². The highest BCUT2D eigenvalue weighted by molar-refractivity contribution is 6.27. The van der Waals surface area contributed by atoms with E-state index >= 15 is 0 Å². The molecule has 2 fully saturated rings. The van der Waals surface area contributed by atoms with E-state index in [-0.39, 0.29) is 40.1 Å². The summed E-state index contributed by atoms with van der Waals surface area (Å²) in [5, 5.41) is 45.5. The minimum absolute atomic E-state index is 0.0660. The third kappa shape index (κ3) is 5.26. The predicted molar refractivity (Wildman–Crippen MR) is 170 cm³/mol. The van der Waals surface area contributed by atoms with Gasteiger partial charge in [0.05, 0.1) is 12.2 Å². The number of carbonyl (C=O) groups is 2. The number of Topliss-reactive ketones (excluding diaryl/α,β-unsaturated/α-hetero) is 1. The third-order valence-electron chi connectivity index (χ3n) is 9.67. The Morgan fingerprint density at radius 1 is 0.857 bits per heavy atom. The molecule has 260 valence electrons. The SMILES string of the molecule is COC1C(O)C(C)OC(OC2C(Oc3cccc4c(O)c5c(=O)oc6ccc(C)c7c6c5c(c34)CC7=O)OC(C)C(O)C2O)C1OC(C)=O. The van der Waals surface area contributed by atoms with Crippen LogP contribution >= 0.6 is 0 Å². The first-order valence-electron chi connectivity index (χ1n) is 15.9. The van der Waals surface area contributed by atoms with Gasteiger partial charge >= 0.3 is 11.6 Å². The molecule has 3 aromatic carbocycles. The van der Waals surface area contributed by atoms with Gasteiger partial charge in [0.1, 0.15) is 46.9 Å². The minimum Gasteiger partial charge on any atom is -0.506 e. The lowest BCUT2D eigenvalue weighted by atomic mass is 9.82. The van der Waals surface area contributed by atoms with Crippen LogP contribution in [0.1, 0.15) is 42.3 Å². The van der Waals surface area contributed by atoms with Crippen molar-refractivity contribution in [3.63, 3.8) is 0 Å². The average molecular weight is 681 g/mol. The van der Waals surface area contributed by atoms with Gasteiger partial charge in [0, 0.05) is 47.6 Å². The van der Waals surface area contributed by atoms with E-state index in [0.717, 1.165) is 6.92 Å². The van der Waals surface area contributed by atoms with Gasteiger partial charge in [-0.2, -0.15) is 0 Å². The van der Waals surface area contributed by atoms with Gasteiger partial charge in [-0.05, 0) is 44.0 Å². The molecule has 3 heterocycles. The number of phenols is 1. The number of benzene rings is 3. The van der Waals surface area contributed by atoms with Crippen molar-refractivity contribution in [3.05, 3.63) is 57.4 Å². The monoisotopic (exact) mass is 680 g/mol. The van der Waals surface area contributed by atoms with Crippen LogP contribution in [-0.2, 0) is 34.9 Å². The first-order valence-corrected chi connectivity index (χ1v) is 15.9. The van der Waals surface area contributed by atoms with Crippen LogP contribution in [0.4, 0.5) is 0 Å². The van der Waals surface area contributed by atoms with Crippen molar-refractivity contribution in [2.24, 2.45) is 0 Å². The van der Waals surface area contributed by atoms with Gasteiger partial charge in [-0.25, -0.2) is 4.79 Å². The summed E-state index contributed by atoms with van der Waals surface area (Å²) in [6.45, 7) is 6.04. The van der Waals surface area contributed by atoms with E-state index in [0.29, 0.717) is 32.8 Å². The van der Waals surface area contributed by atoms with E-state index in [1.807, 2.05) is 0 Å².